The molecule has 20 heavy (non-hydrogen) atoms. The molecule has 0 aliphatic heterocycles. The van der Waals surface area contributed by atoms with Gasteiger partial charge < -0.3 is 4.74 Å². The van der Waals surface area contributed by atoms with Crippen LogP contribution in [0.1, 0.15) is 5.56 Å². The quantitative estimate of drug-likeness (QED) is 0.701. The van der Waals surface area contributed by atoms with E-state index in [1.807, 2.05) is 49.5 Å². The first-order valence-electron chi connectivity index (χ1n) is 6.26. The van der Waals surface area contributed by atoms with Crippen LogP contribution in [-0.2, 0) is 0 Å². The SMILES string of the molecule is Cc1cccc(-n2cc(Oc3ccccc3Cl)cn2)c1. The Kier molecular flexibility index (Phi) is 3.44. The summed E-state index contributed by atoms with van der Waals surface area (Å²) in [5.74, 6) is 1.28. The molecule has 0 aliphatic rings. The molecule has 0 atom stereocenters. The van der Waals surface area contributed by atoms with Gasteiger partial charge in [-0.25, -0.2) is 4.68 Å². The van der Waals surface area contributed by atoms with Gasteiger partial charge in [0.25, 0.3) is 0 Å². The molecule has 0 saturated carbocycles. The number of aromatic nitrogens is 2. The molecule has 0 unspecified atom stereocenters. The zero-order valence-electron chi connectivity index (χ0n) is 11.0. The molecule has 3 aromatic rings. The lowest BCUT2D eigenvalue weighted by atomic mass is 10.2. The van der Waals surface area contributed by atoms with E-state index in [4.69, 9.17) is 16.3 Å². The van der Waals surface area contributed by atoms with Crippen LogP contribution in [0.25, 0.3) is 5.69 Å². The van der Waals surface area contributed by atoms with E-state index >= 15 is 0 Å². The molecule has 0 amide bonds. The maximum atomic E-state index is 6.07. The van der Waals surface area contributed by atoms with Crippen LogP contribution in [0.3, 0.4) is 0 Å². The Balaban J connectivity index is 1.86. The van der Waals surface area contributed by atoms with E-state index in [0.29, 0.717) is 16.5 Å². The molecule has 3 rings (SSSR count). The third kappa shape index (κ3) is 2.68. The van der Waals surface area contributed by atoms with Crippen LogP contribution in [0.4, 0.5) is 0 Å². The lowest BCUT2D eigenvalue weighted by Crippen LogP contribution is -1.93. The maximum absolute atomic E-state index is 6.07. The van der Waals surface area contributed by atoms with Crippen LogP contribution < -0.4 is 4.74 Å². The predicted octanol–water partition coefficient (Wildman–Crippen LogP) is 4.63. The summed E-state index contributed by atoms with van der Waals surface area (Å²) in [6.45, 7) is 2.05. The van der Waals surface area contributed by atoms with Gasteiger partial charge in [-0.1, -0.05) is 35.9 Å². The number of nitrogens with zero attached hydrogens (tertiary/aromatic N) is 2. The third-order valence-corrected chi connectivity index (χ3v) is 3.20. The highest BCUT2D eigenvalue weighted by molar-refractivity contribution is 6.32. The summed E-state index contributed by atoms with van der Waals surface area (Å²) in [5, 5.41) is 4.88. The monoisotopic (exact) mass is 284 g/mol. The smallest absolute Gasteiger partial charge is 0.165 e. The van der Waals surface area contributed by atoms with E-state index in [9.17, 15) is 0 Å². The molecule has 0 fully saturated rings. The van der Waals surface area contributed by atoms with Gasteiger partial charge in [-0.3, -0.25) is 0 Å². The maximum Gasteiger partial charge on any atom is 0.165 e. The molecule has 4 heteroatoms. The Morgan fingerprint density at radius 2 is 1.95 bits per heavy atom. The molecular formula is C16H13ClN2O. The molecule has 0 aliphatic carbocycles. The number of hydrogen-bond acceptors (Lipinski definition) is 2. The van der Waals surface area contributed by atoms with E-state index in [0.717, 1.165) is 5.69 Å². The van der Waals surface area contributed by atoms with Gasteiger partial charge in [-0.15, -0.1) is 0 Å². The zero-order chi connectivity index (χ0) is 13.9. The summed E-state index contributed by atoms with van der Waals surface area (Å²) in [7, 11) is 0. The van der Waals surface area contributed by atoms with E-state index in [1.54, 1.807) is 16.9 Å². The van der Waals surface area contributed by atoms with Crippen LogP contribution in [0.5, 0.6) is 11.5 Å². The first-order chi connectivity index (χ1) is 9.72. The van der Waals surface area contributed by atoms with Crippen molar-refractivity contribution in [3.05, 3.63) is 71.5 Å². The molecule has 0 N–H and O–H groups in total. The van der Waals surface area contributed by atoms with Crippen molar-refractivity contribution in [3.8, 4) is 17.2 Å². The Bertz CT molecular complexity index is 737. The molecule has 2 aromatic carbocycles. The second-order valence-electron chi connectivity index (χ2n) is 4.49. The van der Waals surface area contributed by atoms with Gasteiger partial charge in [-0.2, -0.15) is 5.10 Å². The molecular weight excluding hydrogens is 272 g/mol. The van der Waals surface area contributed by atoms with Crippen molar-refractivity contribution < 1.29 is 4.74 Å². The topological polar surface area (TPSA) is 27.1 Å². The first-order valence-corrected chi connectivity index (χ1v) is 6.64. The second kappa shape index (κ2) is 5.39. The average molecular weight is 285 g/mol. The Morgan fingerprint density at radius 3 is 2.75 bits per heavy atom. The fourth-order valence-corrected chi connectivity index (χ4v) is 2.10. The fourth-order valence-electron chi connectivity index (χ4n) is 1.93. The van der Waals surface area contributed by atoms with Crippen LogP contribution in [0.15, 0.2) is 60.9 Å². The molecule has 0 radical (unpaired) electrons. The number of para-hydroxylation sites is 1. The lowest BCUT2D eigenvalue weighted by Gasteiger charge is -2.04. The molecule has 0 saturated heterocycles. The molecule has 100 valence electrons. The van der Waals surface area contributed by atoms with Gasteiger partial charge in [0, 0.05) is 0 Å². The molecule has 0 spiro atoms. The van der Waals surface area contributed by atoms with Crippen molar-refractivity contribution in [1.82, 2.24) is 9.78 Å². The summed E-state index contributed by atoms with van der Waals surface area (Å²) in [5.41, 5.74) is 2.19. The van der Waals surface area contributed by atoms with Gasteiger partial charge in [0.1, 0.15) is 5.75 Å². The standard InChI is InChI=1S/C16H13ClN2O/c1-12-5-4-6-13(9-12)19-11-14(10-18-19)20-16-8-3-2-7-15(16)17/h2-11H,1H3. The molecule has 3 nitrogen and oxygen atoms in total. The average Bonchev–Trinajstić information content (AvgIpc) is 2.90. The van der Waals surface area contributed by atoms with Crippen molar-refractivity contribution in [1.29, 1.82) is 0 Å². The van der Waals surface area contributed by atoms with Crippen molar-refractivity contribution in [2.24, 2.45) is 0 Å². The van der Waals surface area contributed by atoms with Gasteiger partial charge in [-0.05, 0) is 36.8 Å². The zero-order valence-corrected chi connectivity index (χ0v) is 11.7. The van der Waals surface area contributed by atoms with E-state index in [-0.39, 0.29) is 0 Å². The number of benzene rings is 2. The summed E-state index contributed by atoms with van der Waals surface area (Å²) in [6.07, 6.45) is 3.50. The van der Waals surface area contributed by atoms with Crippen LogP contribution >= 0.6 is 11.6 Å². The van der Waals surface area contributed by atoms with E-state index < -0.39 is 0 Å². The number of aryl methyl sites for hydroxylation is 1. The van der Waals surface area contributed by atoms with Crippen LogP contribution in [-0.4, -0.2) is 9.78 Å². The van der Waals surface area contributed by atoms with Gasteiger partial charge >= 0.3 is 0 Å². The van der Waals surface area contributed by atoms with E-state index in [1.165, 1.54) is 5.56 Å². The first kappa shape index (κ1) is 12.8. The Morgan fingerprint density at radius 1 is 1.10 bits per heavy atom. The van der Waals surface area contributed by atoms with E-state index in [2.05, 4.69) is 11.2 Å². The van der Waals surface area contributed by atoms with Crippen molar-refractivity contribution in [3.63, 3.8) is 0 Å². The summed E-state index contributed by atoms with van der Waals surface area (Å²) in [6, 6.07) is 15.5. The molecule has 1 heterocycles. The number of rotatable bonds is 3. The van der Waals surface area contributed by atoms with Gasteiger partial charge in [0.05, 0.1) is 23.1 Å². The largest absolute Gasteiger partial charge is 0.452 e. The van der Waals surface area contributed by atoms with Crippen molar-refractivity contribution in [2.75, 3.05) is 0 Å². The van der Waals surface area contributed by atoms with Crippen molar-refractivity contribution in [2.45, 2.75) is 6.92 Å². The second-order valence-corrected chi connectivity index (χ2v) is 4.90. The van der Waals surface area contributed by atoms with Crippen molar-refractivity contribution >= 4 is 11.6 Å². The highest BCUT2D eigenvalue weighted by Crippen LogP contribution is 2.28. The minimum absolute atomic E-state index is 0.579. The lowest BCUT2D eigenvalue weighted by molar-refractivity contribution is 0.482. The number of halogens is 1. The van der Waals surface area contributed by atoms with Gasteiger partial charge in [0.15, 0.2) is 5.75 Å². The fraction of sp³-hybridized carbons (Fsp3) is 0.0625. The normalized spacial score (nSPS) is 10.5. The Labute approximate surface area is 122 Å². The third-order valence-electron chi connectivity index (χ3n) is 2.89. The number of ether oxygens (including phenoxy) is 1. The highest BCUT2D eigenvalue weighted by atomic mass is 35.5. The minimum atomic E-state index is 0.579. The summed E-state index contributed by atoms with van der Waals surface area (Å²) < 4.78 is 7.50. The number of hydrogen-bond donors (Lipinski definition) is 0. The highest BCUT2D eigenvalue weighted by Gasteiger charge is 2.05. The van der Waals surface area contributed by atoms with Gasteiger partial charge in [0.2, 0.25) is 0 Å². The molecule has 1 aromatic heterocycles. The predicted molar refractivity (Wildman–Crippen MR) is 79.8 cm³/mol. The summed E-state index contributed by atoms with van der Waals surface area (Å²) >= 11 is 6.07. The van der Waals surface area contributed by atoms with Crippen LogP contribution in [0, 0.1) is 6.92 Å². The Hall–Kier alpha value is -2.26. The summed E-state index contributed by atoms with van der Waals surface area (Å²) in [4.78, 5) is 0. The minimum Gasteiger partial charge on any atom is -0.452 e. The van der Waals surface area contributed by atoms with Crippen LogP contribution in [0.2, 0.25) is 5.02 Å². The molecule has 0 bridgehead atoms.